The molecule has 0 spiro atoms. The highest BCUT2D eigenvalue weighted by Gasteiger charge is 2.29. The molecule has 2 N–H and O–H groups in total. The first-order valence-electron chi connectivity index (χ1n) is 7.14. The molecular weight excluding hydrogens is 284 g/mol. The summed E-state index contributed by atoms with van der Waals surface area (Å²) < 4.78 is 1.13. The maximum absolute atomic E-state index is 12.7. The number of nitrogens with two attached hydrogens (primary N) is 1. The number of piperidine rings is 1. The third-order valence-electron chi connectivity index (χ3n) is 4.15. The molecule has 1 aliphatic heterocycles. The summed E-state index contributed by atoms with van der Waals surface area (Å²) >= 11 is 1.53. The molecule has 1 atom stereocenters. The molecule has 0 saturated carbocycles. The first kappa shape index (κ1) is 14.1. The number of amides is 2. The highest BCUT2D eigenvalue weighted by atomic mass is 32.1. The zero-order valence-corrected chi connectivity index (χ0v) is 12.8. The number of hydrogen-bond acceptors (Lipinski definition) is 3. The van der Waals surface area contributed by atoms with E-state index < -0.39 is 0 Å². The number of nitrogens with zero attached hydrogens (tertiary/aromatic N) is 1. The lowest BCUT2D eigenvalue weighted by Gasteiger charge is -2.31. The van der Waals surface area contributed by atoms with Crippen LogP contribution in [0.1, 0.15) is 28.1 Å². The number of thiophene rings is 1. The van der Waals surface area contributed by atoms with Gasteiger partial charge in [-0.3, -0.25) is 9.59 Å². The average molecular weight is 302 g/mol. The molecule has 2 heterocycles. The largest absolute Gasteiger partial charge is 0.369 e. The molecule has 0 radical (unpaired) electrons. The molecule has 1 unspecified atom stereocenters. The molecule has 0 aliphatic carbocycles. The number of aryl methyl sites for hydroxylation is 1. The van der Waals surface area contributed by atoms with Gasteiger partial charge < -0.3 is 10.6 Å². The number of carbonyl (C=O) groups is 2. The minimum atomic E-state index is -0.305. The van der Waals surface area contributed by atoms with Crippen LogP contribution < -0.4 is 5.73 Å². The van der Waals surface area contributed by atoms with E-state index in [-0.39, 0.29) is 17.7 Å². The van der Waals surface area contributed by atoms with Crippen LogP contribution in [0.4, 0.5) is 0 Å². The van der Waals surface area contributed by atoms with Crippen LogP contribution in [0.2, 0.25) is 0 Å². The minimum absolute atomic E-state index is 0.0275. The fourth-order valence-corrected chi connectivity index (χ4v) is 4.09. The van der Waals surface area contributed by atoms with Crippen LogP contribution in [-0.4, -0.2) is 29.8 Å². The van der Waals surface area contributed by atoms with E-state index in [1.54, 1.807) is 4.90 Å². The smallest absolute Gasteiger partial charge is 0.264 e. The molecular formula is C16H18N2O2S. The maximum Gasteiger partial charge on any atom is 0.264 e. The number of carbonyl (C=O) groups excluding carboxylic acids is 2. The average Bonchev–Trinajstić information content (AvgIpc) is 2.84. The Morgan fingerprint density at radius 1 is 1.33 bits per heavy atom. The maximum atomic E-state index is 12.7. The van der Waals surface area contributed by atoms with Gasteiger partial charge in [-0.05, 0) is 36.8 Å². The predicted molar refractivity (Wildman–Crippen MR) is 84.4 cm³/mol. The van der Waals surface area contributed by atoms with Gasteiger partial charge in [0.2, 0.25) is 5.91 Å². The van der Waals surface area contributed by atoms with Gasteiger partial charge in [0.1, 0.15) is 0 Å². The zero-order valence-electron chi connectivity index (χ0n) is 12.0. The Morgan fingerprint density at radius 3 is 2.81 bits per heavy atom. The third-order valence-corrected chi connectivity index (χ3v) is 5.41. The standard InChI is InChI=1S/C16H18N2O2S/c1-10-12-6-2-3-7-13(12)21-14(10)16(20)18-8-4-5-11(9-18)15(17)19/h2-3,6-7,11H,4-5,8-9H2,1H3,(H2,17,19). The molecule has 1 aromatic heterocycles. The first-order chi connectivity index (χ1) is 10.1. The van der Waals surface area contributed by atoms with E-state index in [0.29, 0.717) is 13.1 Å². The van der Waals surface area contributed by atoms with Crippen LogP contribution in [0.25, 0.3) is 10.1 Å². The van der Waals surface area contributed by atoms with Gasteiger partial charge >= 0.3 is 0 Å². The summed E-state index contributed by atoms with van der Waals surface area (Å²) in [6.07, 6.45) is 1.62. The van der Waals surface area contributed by atoms with Crippen molar-refractivity contribution in [2.45, 2.75) is 19.8 Å². The molecule has 0 bridgehead atoms. The van der Waals surface area contributed by atoms with E-state index in [2.05, 4.69) is 0 Å². The van der Waals surface area contributed by atoms with E-state index in [0.717, 1.165) is 33.4 Å². The van der Waals surface area contributed by atoms with Crippen molar-refractivity contribution in [3.05, 3.63) is 34.7 Å². The highest BCUT2D eigenvalue weighted by molar-refractivity contribution is 7.21. The molecule has 5 heteroatoms. The van der Waals surface area contributed by atoms with Gasteiger partial charge in [0, 0.05) is 17.8 Å². The molecule has 1 fully saturated rings. The summed E-state index contributed by atoms with van der Waals surface area (Å²) in [5.74, 6) is -0.488. The SMILES string of the molecule is Cc1c(C(=O)N2CCCC(C(N)=O)C2)sc2ccccc12. The summed E-state index contributed by atoms with van der Waals surface area (Å²) in [6, 6.07) is 8.05. The summed E-state index contributed by atoms with van der Waals surface area (Å²) in [4.78, 5) is 26.6. The lowest BCUT2D eigenvalue weighted by molar-refractivity contribution is -0.123. The molecule has 4 nitrogen and oxygen atoms in total. The van der Waals surface area contributed by atoms with Crippen LogP contribution in [-0.2, 0) is 4.79 Å². The second-order valence-corrected chi connectivity index (χ2v) is 6.60. The van der Waals surface area contributed by atoms with Crippen molar-refractivity contribution in [2.75, 3.05) is 13.1 Å². The van der Waals surface area contributed by atoms with Gasteiger partial charge in [-0.2, -0.15) is 0 Å². The monoisotopic (exact) mass is 302 g/mol. The van der Waals surface area contributed by atoms with Gasteiger partial charge in [-0.1, -0.05) is 18.2 Å². The van der Waals surface area contributed by atoms with Crippen molar-refractivity contribution in [3.63, 3.8) is 0 Å². The molecule has 1 aliphatic rings. The van der Waals surface area contributed by atoms with E-state index in [9.17, 15) is 9.59 Å². The van der Waals surface area contributed by atoms with Crippen LogP contribution >= 0.6 is 11.3 Å². The normalized spacial score (nSPS) is 18.9. The van der Waals surface area contributed by atoms with Crippen LogP contribution in [0, 0.1) is 12.8 Å². The van der Waals surface area contributed by atoms with Crippen molar-refractivity contribution in [1.82, 2.24) is 4.90 Å². The molecule has 2 aromatic rings. The Labute approximate surface area is 127 Å². The minimum Gasteiger partial charge on any atom is -0.369 e. The number of likely N-dealkylation sites (tertiary alicyclic amines) is 1. The summed E-state index contributed by atoms with van der Waals surface area (Å²) in [6.45, 7) is 3.14. The van der Waals surface area contributed by atoms with Gasteiger partial charge in [-0.15, -0.1) is 11.3 Å². The highest BCUT2D eigenvalue weighted by Crippen LogP contribution is 2.32. The lowest BCUT2D eigenvalue weighted by Crippen LogP contribution is -2.44. The van der Waals surface area contributed by atoms with Crippen molar-refractivity contribution in [3.8, 4) is 0 Å². The Hall–Kier alpha value is -1.88. The molecule has 2 amide bonds. The zero-order chi connectivity index (χ0) is 15.0. The molecule has 3 rings (SSSR count). The fourth-order valence-electron chi connectivity index (χ4n) is 2.92. The second kappa shape index (κ2) is 5.48. The Kier molecular flexibility index (Phi) is 3.68. The fraction of sp³-hybridized carbons (Fsp3) is 0.375. The van der Waals surface area contributed by atoms with Gasteiger partial charge in [0.05, 0.1) is 10.8 Å². The van der Waals surface area contributed by atoms with Crippen LogP contribution in [0.15, 0.2) is 24.3 Å². The van der Waals surface area contributed by atoms with Gasteiger partial charge in [0.15, 0.2) is 0 Å². The summed E-state index contributed by atoms with van der Waals surface area (Å²) in [7, 11) is 0. The molecule has 1 saturated heterocycles. The van der Waals surface area contributed by atoms with Crippen molar-refractivity contribution in [2.24, 2.45) is 11.7 Å². The lowest BCUT2D eigenvalue weighted by atomic mass is 9.97. The third kappa shape index (κ3) is 2.53. The first-order valence-corrected chi connectivity index (χ1v) is 7.96. The Morgan fingerprint density at radius 2 is 2.10 bits per heavy atom. The molecule has 21 heavy (non-hydrogen) atoms. The second-order valence-electron chi connectivity index (χ2n) is 5.55. The number of rotatable bonds is 2. The molecule has 110 valence electrons. The van der Waals surface area contributed by atoms with Gasteiger partial charge in [-0.25, -0.2) is 0 Å². The van der Waals surface area contributed by atoms with Crippen molar-refractivity contribution in [1.29, 1.82) is 0 Å². The predicted octanol–water partition coefficient (Wildman–Crippen LogP) is 2.55. The van der Waals surface area contributed by atoms with Crippen LogP contribution in [0.3, 0.4) is 0 Å². The Balaban J connectivity index is 1.90. The Bertz CT molecular complexity index is 707. The summed E-state index contributed by atoms with van der Waals surface area (Å²) in [5, 5.41) is 1.13. The van der Waals surface area contributed by atoms with Crippen LogP contribution in [0.5, 0.6) is 0 Å². The van der Waals surface area contributed by atoms with E-state index in [4.69, 9.17) is 5.73 Å². The van der Waals surface area contributed by atoms with E-state index in [1.807, 2.05) is 31.2 Å². The molecule has 1 aromatic carbocycles. The number of benzene rings is 1. The van der Waals surface area contributed by atoms with E-state index >= 15 is 0 Å². The number of fused-ring (bicyclic) bond motifs is 1. The quantitative estimate of drug-likeness (QED) is 0.926. The van der Waals surface area contributed by atoms with Crippen molar-refractivity contribution >= 4 is 33.2 Å². The van der Waals surface area contributed by atoms with Crippen molar-refractivity contribution < 1.29 is 9.59 Å². The van der Waals surface area contributed by atoms with Gasteiger partial charge in [0.25, 0.3) is 5.91 Å². The van der Waals surface area contributed by atoms with E-state index in [1.165, 1.54) is 11.3 Å². The number of primary amides is 1. The summed E-state index contributed by atoms with van der Waals surface area (Å²) in [5.41, 5.74) is 6.41. The topological polar surface area (TPSA) is 63.4 Å². The number of hydrogen-bond donors (Lipinski definition) is 1.